The first-order valence-electron chi connectivity index (χ1n) is 3.60. The van der Waals surface area contributed by atoms with Crippen LogP contribution in [0.4, 0.5) is 13.2 Å². The van der Waals surface area contributed by atoms with Crippen molar-refractivity contribution in [2.75, 3.05) is 0 Å². The molecule has 1 heterocycles. The van der Waals surface area contributed by atoms with Gasteiger partial charge < -0.3 is 9.67 Å². The van der Waals surface area contributed by atoms with Crippen LogP contribution < -0.4 is 0 Å². The first kappa shape index (κ1) is 9.97. The molecule has 0 aliphatic rings. The second-order valence-corrected chi connectivity index (χ2v) is 2.34. The molecular formula is C6H8F3N3O. The third-order valence-corrected chi connectivity index (χ3v) is 1.54. The number of aromatic nitrogens is 3. The Morgan fingerprint density at radius 3 is 2.38 bits per heavy atom. The summed E-state index contributed by atoms with van der Waals surface area (Å²) in [6.45, 7) is 1.06. The molecular weight excluding hydrogens is 187 g/mol. The average molecular weight is 195 g/mol. The summed E-state index contributed by atoms with van der Waals surface area (Å²) >= 11 is 0. The molecule has 0 aliphatic heterocycles. The maximum atomic E-state index is 12.2. The van der Waals surface area contributed by atoms with Crippen molar-refractivity contribution in [1.82, 2.24) is 14.8 Å². The molecule has 0 radical (unpaired) electrons. The summed E-state index contributed by atoms with van der Waals surface area (Å²) in [5.74, 6) is -1.14. The largest absolute Gasteiger partial charge is 0.451 e. The lowest BCUT2D eigenvalue weighted by molar-refractivity contribution is -0.147. The molecule has 0 atom stereocenters. The Morgan fingerprint density at radius 1 is 1.38 bits per heavy atom. The topological polar surface area (TPSA) is 50.9 Å². The van der Waals surface area contributed by atoms with Gasteiger partial charge in [-0.15, -0.1) is 10.2 Å². The average Bonchev–Trinajstić information content (AvgIpc) is 2.45. The minimum Gasteiger partial charge on any atom is -0.388 e. The van der Waals surface area contributed by atoms with Crippen molar-refractivity contribution in [3.63, 3.8) is 0 Å². The van der Waals surface area contributed by atoms with E-state index in [1.807, 2.05) is 0 Å². The third-order valence-electron chi connectivity index (χ3n) is 1.54. The molecule has 1 N–H and O–H groups in total. The van der Waals surface area contributed by atoms with Gasteiger partial charge in [-0.25, -0.2) is 0 Å². The smallest absolute Gasteiger partial charge is 0.388 e. The van der Waals surface area contributed by atoms with E-state index in [2.05, 4.69) is 10.2 Å². The summed E-state index contributed by atoms with van der Waals surface area (Å²) in [6, 6.07) is 0. The summed E-state index contributed by atoms with van der Waals surface area (Å²) < 4.78 is 37.4. The van der Waals surface area contributed by atoms with Gasteiger partial charge in [-0.1, -0.05) is 0 Å². The van der Waals surface area contributed by atoms with Crippen LogP contribution in [0.5, 0.6) is 0 Å². The van der Waals surface area contributed by atoms with Gasteiger partial charge >= 0.3 is 6.18 Å². The molecule has 0 saturated carbocycles. The van der Waals surface area contributed by atoms with Crippen LogP contribution in [0.3, 0.4) is 0 Å². The molecule has 0 aliphatic carbocycles. The molecule has 7 heteroatoms. The van der Waals surface area contributed by atoms with Gasteiger partial charge in [-0.05, 0) is 6.92 Å². The SMILES string of the molecule is CCn1c(CO)nnc1C(F)(F)F. The molecule has 1 aromatic heterocycles. The van der Waals surface area contributed by atoms with Crippen molar-refractivity contribution >= 4 is 0 Å². The zero-order chi connectivity index (χ0) is 10.1. The lowest BCUT2D eigenvalue weighted by Gasteiger charge is -2.07. The Morgan fingerprint density at radius 2 is 2.00 bits per heavy atom. The number of hydrogen-bond acceptors (Lipinski definition) is 3. The molecule has 0 fully saturated rings. The maximum absolute atomic E-state index is 12.2. The summed E-state index contributed by atoms with van der Waals surface area (Å²) in [7, 11) is 0. The molecule has 0 bridgehead atoms. The molecule has 1 aromatic rings. The highest BCUT2D eigenvalue weighted by Crippen LogP contribution is 2.27. The monoisotopic (exact) mass is 195 g/mol. The highest BCUT2D eigenvalue weighted by Gasteiger charge is 2.37. The van der Waals surface area contributed by atoms with Crippen molar-refractivity contribution in [2.24, 2.45) is 0 Å². The Labute approximate surface area is 72.0 Å². The van der Waals surface area contributed by atoms with Crippen molar-refractivity contribution in [3.8, 4) is 0 Å². The number of halogens is 3. The van der Waals surface area contributed by atoms with Gasteiger partial charge in [0, 0.05) is 6.54 Å². The van der Waals surface area contributed by atoms with Crippen molar-refractivity contribution < 1.29 is 18.3 Å². The number of aliphatic hydroxyl groups excluding tert-OH is 1. The number of hydrogen-bond donors (Lipinski definition) is 1. The highest BCUT2D eigenvalue weighted by molar-refractivity contribution is 4.98. The Kier molecular flexibility index (Phi) is 2.55. The Bertz CT molecular complexity index is 294. The summed E-state index contributed by atoms with van der Waals surface area (Å²) in [5.41, 5.74) is 0. The second-order valence-electron chi connectivity index (χ2n) is 2.34. The van der Waals surface area contributed by atoms with E-state index in [4.69, 9.17) is 5.11 Å². The van der Waals surface area contributed by atoms with E-state index >= 15 is 0 Å². The zero-order valence-corrected chi connectivity index (χ0v) is 6.84. The van der Waals surface area contributed by atoms with Gasteiger partial charge in [0.05, 0.1) is 0 Å². The van der Waals surface area contributed by atoms with Crippen LogP contribution in [-0.2, 0) is 19.3 Å². The maximum Gasteiger partial charge on any atom is 0.451 e. The molecule has 74 valence electrons. The van der Waals surface area contributed by atoms with Gasteiger partial charge in [0.15, 0.2) is 5.82 Å². The second kappa shape index (κ2) is 3.33. The Balaban J connectivity index is 3.16. The molecule has 0 saturated heterocycles. The van der Waals surface area contributed by atoms with Crippen LogP contribution in [0.25, 0.3) is 0 Å². The standard InChI is InChI=1S/C6H8F3N3O/c1-2-12-4(3-13)10-11-5(12)6(7,8)9/h13H,2-3H2,1H3. The van der Waals surface area contributed by atoms with E-state index in [1.54, 1.807) is 0 Å². The van der Waals surface area contributed by atoms with E-state index in [0.717, 1.165) is 4.57 Å². The van der Waals surface area contributed by atoms with Crippen LogP contribution in [0.15, 0.2) is 0 Å². The number of nitrogens with zero attached hydrogens (tertiary/aromatic N) is 3. The van der Waals surface area contributed by atoms with Crippen molar-refractivity contribution in [2.45, 2.75) is 26.3 Å². The van der Waals surface area contributed by atoms with E-state index in [-0.39, 0.29) is 12.4 Å². The summed E-state index contributed by atoms with van der Waals surface area (Å²) in [4.78, 5) is 0. The van der Waals surface area contributed by atoms with Gasteiger partial charge in [0.25, 0.3) is 0 Å². The first-order valence-corrected chi connectivity index (χ1v) is 3.60. The molecule has 0 spiro atoms. The fourth-order valence-corrected chi connectivity index (χ4v) is 0.994. The molecule has 0 amide bonds. The van der Waals surface area contributed by atoms with E-state index < -0.39 is 18.6 Å². The van der Waals surface area contributed by atoms with Gasteiger partial charge in [-0.3, -0.25) is 0 Å². The molecule has 0 unspecified atom stereocenters. The number of alkyl halides is 3. The molecule has 1 rings (SSSR count). The zero-order valence-electron chi connectivity index (χ0n) is 6.84. The minimum atomic E-state index is -4.52. The minimum absolute atomic E-state index is 0.0742. The van der Waals surface area contributed by atoms with Gasteiger partial charge in [0.1, 0.15) is 6.61 Å². The Hall–Kier alpha value is -1.11. The van der Waals surface area contributed by atoms with Gasteiger partial charge in [-0.2, -0.15) is 13.2 Å². The van der Waals surface area contributed by atoms with Crippen molar-refractivity contribution in [1.29, 1.82) is 0 Å². The molecule has 13 heavy (non-hydrogen) atoms. The predicted octanol–water partition coefficient (Wildman–Crippen LogP) is 0.809. The predicted molar refractivity (Wildman–Crippen MR) is 36.6 cm³/mol. The van der Waals surface area contributed by atoms with Crippen LogP contribution in [0.1, 0.15) is 18.6 Å². The van der Waals surface area contributed by atoms with Gasteiger partial charge in [0.2, 0.25) is 5.82 Å². The first-order chi connectivity index (χ1) is 6.00. The fourth-order valence-electron chi connectivity index (χ4n) is 0.994. The van der Waals surface area contributed by atoms with E-state index in [0.29, 0.717) is 0 Å². The van der Waals surface area contributed by atoms with Crippen LogP contribution in [0.2, 0.25) is 0 Å². The third kappa shape index (κ3) is 1.80. The van der Waals surface area contributed by atoms with Crippen molar-refractivity contribution in [3.05, 3.63) is 11.6 Å². The van der Waals surface area contributed by atoms with Crippen LogP contribution in [0, 0.1) is 0 Å². The highest BCUT2D eigenvalue weighted by atomic mass is 19.4. The normalized spacial score (nSPS) is 12.1. The quantitative estimate of drug-likeness (QED) is 0.759. The molecule has 4 nitrogen and oxygen atoms in total. The molecule has 0 aromatic carbocycles. The van der Waals surface area contributed by atoms with E-state index in [9.17, 15) is 13.2 Å². The van der Waals surface area contributed by atoms with Crippen LogP contribution >= 0.6 is 0 Å². The fraction of sp³-hybridized carbons (Fsp3) is 0.667. The lowest BCUT2D eigenvalue weighted by Crippen LogP contribution is -2.15. The number of rotatable bonds is 2. The number of aliphatic hydroxyl groups is 1. The van der Waals surface area contributed by atoms with Crippen LogP contribution in [-0.4, -0.2) is 19.9 Å². The van der Waals surface area contributed by atoms with E-state index in [1.165, 1.54) is 6.92 Å². The summed E-state index contributed by atoms with van der Waals surface area (Å²) in [6.07, 6.45) is -4.52. The summed E-state index contributed by atoms with van der Waals surface area (Å²) in [5, 5.41) is 14.8. The lowest BCUT2D eigenvalue weighted by atomic mass is 10.5.